The maximum Gasteiger partial charge on any atom is 0.243 e. The van der Waals surface area contributed by atoms with Crippen molar-refractivity contribution in [1.29, 1.82) is 0 Å². The molecule has 0 radical (unpaired) electrons. The first-order chi connectivity index (χ1) is 7.79. The number of carbonyl (C=O) groups excluding carboxylic acids is 1. The average molecular weight is 277 g/mol. The number of anilines is 1. The van der Waals surface area contributed by atoms with Gasteiger partial charge in [-0.3, -0.25) is 10.1 Å². The van der Waals surface area contributed by atoms with E-state index in [0.29, 0.717) is 5.13 Å². The van der Waals surface area contributed by atoms with Crippen molar-refractivity contribution in [3.05, 3.63) is 5.01 Å². The molecule has 0 spiro atoms. The van der Waals surface area contributed by atoms with Crippen LogP contribution in [-0.2, 0) is 11.2 Å². The van der Waals surface area contributed by atoms with Crippen LogP contribution in [-0.4, -0.2) is 28.7 Å². The number of hydrogen-bond acceptors (Lipinski definition) is 5. The minimum atomic E-state index is -0.0669. The SMILES string of the molecule is CCc1nnc(NC(=O)C2CCCCN2)s1.Cl. The molecule has 0 bridgehead atoms. The first kappa shape index (κ1) is 14.3. The van der Waals surface area contributed by atoms with Gasteiger partial charge in [0, 0.05) is 0 Å². The highest BCUT2D eigenvalue weighted by Crippen LogP contribution is 2.16. The van der Waals surface area contributed by atoms with Crippen molar-refractivity contribution in [3.8, 4) is 0 Å². The van der Waals surface area contributed by atoms with Crippen molar-refractivity contribution in [1.82, 2.24) is 15.5 Å². The summed E-state index contributed by atoms with van der Waals surface area (Å²) in [5.41, 5.74) is 0. The van der Waals surface area contributed by atoms with Crippen molar-refractivity contribution in [2.24, 2.45) is 0 Å². The molecule has 1 unspecified atom stereocenters. The normalized spacial score (nSPS) is 19.5. The fourth-order valence-corrected chi connectivity index (χ4v) is 2.40. The number of piperidine rings is 1. The van der Waals surface area contributed by atoms with Crippen LogP contribution in [0.25, 0.3) is 0 Å². The van der Waals surface area contributed by atoms with E-state index in [1.54, 1.807) is 0 Å². The van der Waals surface area contributed by atoms with Crippen molar-refractivity contribution >= 4 is 34.8 Å². The Morgan fingerprint density at radius 2 is 2.35 bits per heavy atom. The third-order valence-electron chi connectivity index (χ3n) is 2.63. The third kappa shape index (κ3) is 3.90. The predicted octanol–water partition coefficient (Wildman–Crippen LogP) is 1.60. The van der Waals surface area contributed by atoms with Crippen LogP contribution in [0.3, 0.4) is 0 Å². The second-order valence-electron chi connectivity index (χ2n) is 3.85. The molecule has 1 aliphatic rings. The average Bonchev–Trinajstić information content (AvgIpc) is 2.78. The molecular weight excluding hydrogens is 260 g/mol. The largest absolute Gasteiger partial charge is 0.306 e. The van der Waals surface area contributed by atoms with Gasteiger partial charge in [0.05, 0.1) is 6.04 Å². The van der Waals surface area contributed by atoms with E-state index in [2.05, 4.69) is 20.8 Å². The molecule has 5 nitrogen and oxygen atoms in total. The van der Waals surface area contributed by atoms with E-state index in [4.69, 9.17) is 0 Å². The number of rotatable bonds is 3. The Bertz CT molecular complexity index is 365. The molecule has 2 heterocycles. The molecule has 17 heavy (non-hydrogen) atoms. The molecular formula is C10H17ClN4OS. The van der Waals surface area contributed by atoms with Crippen LogP contribution in [0, 0.1) is 0 Å². The van der Waals surface area contributed by atoms with Gasteiger partial charge < -0.3 is 5.32 Å². The lowest BCUT2D eigenvalue weighted by Gasteiger charge is -2.21. The summed E-state index contributed by atoms with van der Waals surface area (Å²) in [6.45, 7) is 2.95. The molecule has 7 heteroatoms. The zero-order valence-corrected chi connectivity index (χ0v) is 11.4. The van der Waals surface area contributed by atoms with E-state index in [1.807, 2.05) is 6.92 Å². The monoisotopic (exact) mass is 276 g/mol. The number of hydrogen-bond donors (Lipinski definition) is 2. The van der Waals surface area contributed by atoms with Gasteiger partial charge >= 0.3 is 0 Å². The van der Waals surface area contributed by atoms with Crippen LogP contribution < -0.4 is 10.6 Å². The molecule has 1 saturated heterocycles. The Labute approximate surface area is 111 Å². The second-order valence-corrected chi connectivity index (χ2v) is 4.91. The van der Waals surface area contributed by atoms with Crippen molar-refractivity contribution in [3.63, 3.8) is 0 Å². The number of halogens is 1. The van der Waals surface area contributed by atoms with E-state index in [1.165, 1.54) is 11.3 Å². The van der Waals surface area contributed by atoms with Gasteiger partial charge in [-0.2, -0.15) is 0 Å². The topological polar surface area (TPSA) is 66.9 Å². The molecule has 2 N–H and O–H groups in total. The first-order valence-electron chi connectivity index (χ1n) is 5.66. The highest BCUT2D eigenvalue weighted by atomic mass is 35.5. The number of nitrogens with one attached hydrogen (secondary N) is 2. The lowest BCUT2D eigenvalue weighted by molar-refractivity contribution is -0.118. The molecule has 2 rings (SSSR count). The molecule has 0 aromatic carbocycles. The van der Waals surface area contributed by atoms with E-state index in [-0.39, 0.29) is 24.4 Å². The van der Waals surface area contributed by atoms with Crippen LogP contribution in [0.4, 0.5) is 5.13 Å². The first-order valence-corrected chi connectivity index (χ1v) is 6.48. The number of amides is 1. The summed E-state index contributed by atoms with van der Waals surface area (Å²) in [5, 5.41) is 15.5. The highest BCUT2D eigenvalue weighted by Gasteiger charge is 2.21. The summed E-state index contributed by atoms with van der Waals surface area (Å²) in [6.07, 6.45) is 4.03. The Hall–Kier alpha value is -0.720. The van der Waals surface area contributed by atoms with Gasteiger partial charge in [-0.25, -0.2) is 0 Å². The number of aryl methyl sites for hydroxylation is 1. The lowest BCUT2D eigenvalue weighted by Crippen LogP contribution is -2.43. The van der Waals surface area contributed by atoms with Gasteiger partial charge in [-0.1, -0.05) is 24.7 Å². The Morgan fingerprint density at radius 1 is 1.53 bits per heavy atom. The van der Waals surface area contributed by atoms with Gasteiger partial charge in [-0.15, -0.1) is 22.6 Å². The molecule has 1 atom stereocenters. The Balaban J connectivity index is 0.00000144. The summed E-state index contributed by atoms with van der Waals surface area (Å²) in [4.78, 5) is 11.8. The molecule has 1 aromatic rings. The molecule has 1 amide bonds. The van der Waals surface area contributed by atoms with Crippen LogP contribution in [0.1, 0.15) is 31.2 Å². The third-order valence-corrected chi connectivity index (χ3v) is 3.61. The summed E-state index contributed by atoms with van der Waals surface area (Å²) < 4.78 is 0. The van der Waals surface area contributed by atoms with E-state index < -0.39 is 0 Å². The molecule has 0 saturated carbocycles. The Morgan fingerprint density at radius 3 is 2.94 bits per heavy atom. The number of aromatic nitrogens is 2. The summed E-state index contributed by atoms with van der Waals surface area (Å²) in [7, 11) is 0. The Kier molecular flexibility index (Phi) is 5.80. The summed E-state index contributed by atoms with van der Waals surface area (Å²) in [5.74, 6) is 0.0125. The van der Waals surface area contributed by atoms with Gasteiger partial charge in [0.15, 0.2) is 0 Å². The molecule has 0 aliphatic carbocycles. The smallest absolute Gasteiger partial charge is 0.243 e. The van der Waals surface area contributed by atoms with E-state index in [0.717, 1.165) is 37.2 Å². The van der Waals surface area contributed by atoms with Crippen LogP contribution >= 0.6 is 23.7 Å². The maximum absolute atomic E-state index is 11.8. The van der Waals surface area contributed by atoms with Crippen LogP contribution in [0.2, 0.25) is 0 Å². The summed E-state index contributed by atoms with van der Waals surface area (Å²) >= 11 is 1.44. The zero-order valence-electron chi connectivity index (χ0n) is 9.73. The number of carbonyl (C=O) groups is 1. The quantitative estimate of drug-likeness (QED) is 0.880. The summed E-state index contributed by atoms with van der Waals surface area (Å²) in [6, 6.07) is -0.0669. The second kappa shape index (κ2) is 6.88. The van der Waals surface area contributed by atoms with Crippen LogP contribution in [0.5, 0.6) is 0 Å². The fraction of sp³-hybridized carbons (Fsp3) is 0.700. The van der Waals surface area contributed by atoms with Crippen LogP contribution in [0.15, 0.2) is 0 Å². The molecule has 1 fully saturated rings. The standard InChI is InChI=1S/C10H16N4OS.ClH/c1-2-8-13-14-10(16-8)12-9(15)7-5-3-4-6-11-7;/h7,11H,2-6H2,1H3,(H,12,14,15);1H. The lowest BCUT2D eigenvalue weighted by atomic mass is 10.0. The molecule has 96 valence electrons. The van der Waals surface area contributed by atoms with Gasteiger partial charge in [0.25, 0.3) is 0 Å². The molecule has 1 aliphatic heterocycles. The van der Waals surface area contributed by atoms with Crippen molar-refractivity contribution < 1.29 is 4.79 Å². The zero-order chi connectivity index (χ0) is 11.4. The van der Waals surface area contributed by atoms with Gasteiger partial charge in [-0.05, 0) is 25.8 Å². The van der Waals surface area contributed by atoms with E-state index in [9.17, 15) is 4.79 Å². The minimum Gasteiger partial charge on any atom is -0.306 e. The maximum atomic E-state index is 11.8. The van der Waals surface area contributed by atoms with Crippen molar-refractivity contribution in [2.45, 2.75) is 38.6 Å². The predicted molar refractivity (Wildman–Crippen MR) is 70.8 cm³/mol. The highest BCUT2D eigenvalue weighted by molar-refractivity contribution is 7.15. The fourth-order valence-electron chi connectivity index (χ4n) is 1.72. The van der Waals surface area contributed by atoms with Gasteiger partial charge in [0.2, 0.25) is 11.0 Å². The minimum absolute atomic E-state index is 0. The van der Waals surface area contributed by atoms with Gasteiger partial charge in [0.1, 0.15) is 5.01 Å². The van der Waals surface area contributed by atoms with E-state index >= 15 is 0 Å². The van der Waals surface area contributed by atoms with Crippen molar-refractivity contribution in [2.75, 3.05) is 11.9 Å². The molecule has 1 aromatic heterocycles. The number of nitrogens with zero attached hydrogens (tertiary/aromatic N) is 2.